The minimum Gasteiger partial charge on any atom is -0.486 e. The highest BCUT2D eigenvalue weighted by atomic mass is 35.5. The van der Waals surface area contributed by atoms with E-state index < -0.39 is 0 Å². The van der Waals surface area contributed by atoms with Crippen LogP contribution in [0.1, 0.15) is 11.1 Å². The normalized spacial score (nSPS) is 10.2. The summed E-state index contributed by atoms with van der Waals surface area (Å²) in [6.45, 7) is 2.06. The fraction of sp³-hybridized carbons (Fsp3) is 0.188. The van der Waals surface area contributed by atoms with Crippen LogP contribution < -0.4 is 4.74 Å². The summed E-state index contributed by atoms with van der Waals surface area (Å²) in [5, 5.41) is 0.601. The van der Waals surface area contributed by atoms with Crippen molar-refractivity contribution >= 4 is 17.4 Å². The van der Waals surface area contributed by atoms with Crippen molar-refractivity contribution in [3.63, 3.8) is 0 Å². The van der Waals surface area contributed by atoms with Crippen LogP contribution in [0.5, 0.6) is 5.75 Å². The Labute approximate surface area is 118 Å². The van der Waals surface area contributed by atoms with Crippen molar-refractivity contribution in [2.24, 2.45) is 0 Å². The predicted molar refractivity (Wildman–Crippen MR) is 76.8 cm³/mol. The Balaban J connectivity index is 1.90. The Bertz CT molecular complexity index is 578. The molecule has 0 heterocycles. The molecule has 0 aromatic heterocycles. The molecule has 0 atom stereocenters. The number of benzene rings is 2. The van der Waals surface area contributed by atoms with Crippen molar-refractivity contribution in [2.75, 3.05) is 6.61 Å². The molecule has 0 aliphatic heterocycles. The Hall–Kier alpha value is -1.80. The van der Waals surface area contributed by atoms with Crippen molar-refractivity contribution in [2.45, 2.75) is 13.3 Å². The van der Waals surface area contributed by atoms with Crippen LogP contribution >= 0.6 is 11.6 Å². The van der Waals surface area contributed by atoms with Crippen LogP contribution in [0.4, 0.5) is 0 Å². The smallest absolute Gasteiger partial charge is 0.174 e. The van der Waals surface area contributed by atoms with Crippen LogP contribution in [0.25, 0.3) is 0 Å². The van der Waals surface area contributed by atoms with Crippen LogP contribution in [-0.4, -0.2) is 12.4 Å². The van der Waals surface area contributed by atoms with Gasteiger partial charge in [0.25, 0.3) is 0 Å². The third-order valence-electron chi connectivity index (χ3n) is 2.84. The van der Waals surface area contributed by atoms with E-state index >= 15 is 0 Å². The average molecular weight is 275 g/mol. The number of Topliss-reactive ketones (excluding diaryl/α,β-unsaturated/α-hetero) is 1. The van der Waals surface area contributed by atoms with Gasteiger partial charge in [-0.2, -0.15) is 0 Å². The van der Waals surface area contributed by atoms with Gasteiger partial charge in [-0.3, -0.25) is 4.79 Å². The number of ketones is 1. The van der Waals surface area contributed by atoms with Crippen molar-refractivity contribution in [3.05, 3.63) is 64.7 Å². The Kier molecular flexibility index (Phi) is 4.58. The van der Waals surface area contributed by atoms with Gasteiger partial charge in [0, 0.05) is 11.4 Å². The highest BCUT2D eigenvalue weighted by Crippen LogP contribution is 2.17. The van der Waals surface area contributed by atoms with Crippen LogP contribution in [0.15, 0.2) is 48.5 Å². The van der Waals surface area contributed by atoms with Gasteiger partial charge in [0.05, 0.1) is 0 Å². The quantitative estimate of drug-likeness (QED) is 0.828. The third-order valence-corrected chi connectivity index (χ3v) is 3.08. The molecule has 0 amide bonds. The number of hydrogen-bond acceptors (Lipinski definition) is 2. The molecular formula is C16H15ClO2. The summed E-state index contributed by atoms with van der Waals surface area (Å²) >= 11 is 5.85. The predicted octanol–water partition coefficient (Wildman–Crippen LogP) is 3.84. The molecule has 0 N–H and O–H groups in total. The summed E-state index contributed by atoms with van der Waals surface area (Å²) in [4.78, 5) is 11.9. The van der Waals surface area contributed by atoms with Gasteiger partial charge in [-0.05, 0) is 36.2 Å². The highest BCUT2D eigenvalue weighted by molar-refractivity contribution is 6.30. The maximum absolute atomic E-state index is 11.9. The summed E-state index contributed by atoms with van der Waals surface area (Å²) in [5.41, 5.74) is 2.17. The van der Waals surface area contributed by atoms with Crippen molar-refractivity contribution < 1.29 is 9.53 Å². The molecule has 0 saturated carbocycles. The van der Waals surface area contributed by atoms with E-state index in [2.05, 4.69) is 0 Å². The first-order valence-electron chi connectivity index (χ1n) is 6.10. The molecule has 3 heteroatoms. The Morgan fingerprint density at radius 3 is 2.68 bits per heavy atom. The lowest BCUT2D eigenvalue weighted by Crippen LogP contribution is -2.14. The molecule has 0 radical (unpaired) electrons. The highest BCUT2D eigenvalue weighted by Gasteiger charge is 2.07. The number of hydrogen-bond donors (Lipinski definition) is 0. The minimum atomic E-state index is 0.0503. The molecule has 0 saturated heterocycles. The summed E-state index contributed by atoms with van der Waals surface area (Å²) < 4.78 is 5.43. The number of aryl methyl sites for hydroxylation is 1. The molecule has 0 bridgehead atoms. The zero-order valence-corrected chi connectivity index (χ0v) is 11.5. The SMILES string of the molecule is Cc1ccccc1CC(=O)COc1cccc(Cl)c1. The van der Waals surface area contributed by atoms with E-state index in [0.717, 1.165) is 11.1 Å². The van der Waals surface area contributed by atoms with Gasteiger partial charge in [0.2, 0.25) is 0 Å². The van der Waals surface area contributed by atoms with E-state index in [1.54, 1.807) is 24.3 Å². The summed E-state index contributed by atoms with van der Waals surface area (Å²) in [6.07, 6.45) is 0.396. The Morgan fingerprint density at radius 1 is 1.16 bits per heavy atom. The number of carbonyl (C=O) groups is 1. The maximum atomic E-state index is 11.9. The fourth-order valence-corrected chi connectivity index (χ4v) is 1.97. The van der Waals surface area contributed by atoms with E-state index in [0.29, 0.717) is 17.2 Å². The second-order valence-electron chi connectivity index (χ2n) is 4.39. The third kappa shape index (κ3) is 4.11. The monoisotopic (exact) mass is 274 g/mol. The molecule has 0 aliphatic carbocycles. The van der Waals surface area contributed by atoms with Gasteiger partial charge >= 0.3 is 0 Å². The number of carbonyl (C=O) groups excluding carboxylic acids is 1. The van der Waals surface area contributed by atoms with Crippen molar-refractivity contribution in [3.8, 4) is 5.75 Å². The lowest BCUT2D eigenvalue weighted by Gasteiger charge is -2.07. The number of halogens is 1. The first-order chi connectivity index (χ1) is 9.15. The Morgan fingerprint density at radius 2 is 1.95 bits per heavy atom. The molecule has 98 valence electrons. The summed E-state index contributed by atoms with van der Waals surface area (Å²) in [7, 11) is 0. The molecule has 0 spiro atoms. The van der Waals surface area contributed by atoms with Crippen LogP contribution in [-0.2, 0) is 11.2 Å². The fourth-order valence-electron chi connectivity index (χ4n) is 1.79. The van der Waals surface area contributed by atoms with Gasteiger partial charge in [-0.25, -0.2) is 0 Å². The zero-order chi connectivity index (χ0) is 13.7. The first-order valence-corrected chi connectivity index (χ1v) is 6.47. The largest absolute Gasteiger partial charge is 0.486 e. The number of rotatable bonds is 5. The van der Waals surface area contributed by atoms with E-state index in [1.165, 1.54) is 0 Å². The molecule has 19 heavy (non-hydrogen) atoms. The van der Waals surface area contributed by atoms with Crippen molar-refractivity contribution in [1.82, 2.24) is 0 Å². The van der Waals surface area contributed by atoms with Crippen LogP contribution in [0, 0.1) is 6.92 Å². The molecule has 2 nitrogen and oxygen atoms in total. The number of ether oxygens (including phenoxy) is 1. The standard InChI is InChI=1S/C16H15ClO2/c1-12-5-2-3-6-13(12)9-15(18)11-19-16-8-4-7-14(17)10-16/h2-8,10H,9,11H2,1H3. The van der Waals surface area contributed by atoms with Gasteiger partial charge in [0.15, 0.2) is 5.78 Å². The van der Waals surface area contributed by atoms with Gasteiger partial charge in [0.1, 0.15) is 12.4 Å². The molecular weight excluding hydrogens is 260 g/mol. The minimum absolute atomic E-state index is 0.0503. The zero-order valence-electron chi connectivity index (χ0n) is 10.7. The first kappa shape index (κ1) is 13.6. The summed E-state index contributed by atoms with van der Waals surface area (Å²) in [6, 6.07) is 14.9. The molecule has 0 fully saturated rings. The maximum Gasteiger partial charge on any atom is 0.174 e. The second kappa shape index (κ2) is 6.39. The molecule has 0 unspecified atom stereocenters. The van der Waals surface area contributed by atoms with Gasteiger partial charge < -0.3 is 4.74 Å². The van der Waals surface area contributed by atoms with E-state index in [1.807, 2.05) is 31.2 Å². The van der Waals surface area contributed by atoms with Crippen LogP contribution in [0.2, 0.25) is 5.02 Å². The van der Waals surface area contributed by atoms with E-state index in [4.69, 9.17) is 16.3 Å². The topological polar surface area (TPSA) is 26.3 Å². The second-order valence-corrected chi connectivity index (χ2v) is 4.82. The van der Waals surface area contributed by atoms with Gasteiger partial charge in [-0.15, -0.1) is 0 Å². The molecule has 2 aromatic rings. The van der Waals surface area contributed by atoms with E-state index in [-0.39, 0.29) is 12.4 Å². The lowest BCUT2D eigenvalue weighted by atomic mass is 10.0. The summed E-state index contributed by atoms with van der Waals surface area (Å²) in [5.74, 6) is 0.667. The van der Waals surface area contributed by atoms with E-state index in [9.17, 15) is 4.79 Å². The molecule has 2 aromatic carbocycles. The lowest BCUT2D eigenvalue weighted by molar-refractivity contribution is -0.120. The average Bonchev–Trinajstić information content (AvgIpc) is 2.39. The molecule has 2 rings (SSSR count). The van der Waals surface area contributed by atoms with Crippen LogP contribution in [0.3, 0.4) is 0 Å². The molecule has 0 aliphatic rings. The van der Waals surface area contributed by atoms with Gasteiger partial charge in [-0.1, -0.05) is 41.9 Å². The van der Waals surface area contributed by atoms with Crippen molar-refractivity contribution in [1.29, 1.82) is 0 Å².